The first kappa shape index (κ1) is 16.9. The molecule has 130 valence electrons. The molecule has 2 aromatic rings. The van der Waals surface area contributed by atoms with Gasteiger partial charge < -0.3 is 19.7 Å². The lowest BCUT2D eigenvalue weighted by atomic mass is 10.1. The van der Waals surface area contributed by atoms with Gasteiger partial charge in [0.2, 0.25) is 0 Å². The fraction of sp³-hybridized carbons (Fsp3) is 0.500. The van der Waals surface area contributed by atoms with E-state index in [1.165, 1.54) is 6.07 Å². The first-order chi connectivity index (χ1) is 11.6. The molecule has 0 bridgehead atoms. The molecule has 1 aliphatic rings. The standard InChI is InChI=1S/C18H23FN2O3/c1-12-14-4-2-5-15(19)17(14)24-16(12)18(23)20-8-3-9-21-10-6-13(22)7-11-21/h2,4-5,13,22H,3,6-11H2,1H3,(H,20,23). The number of aryl methyl sites for hydroxylation is 1. The summed E-state index contributed by atoms with van der Waals surface area (Å²) in [5, 5.41) is 13.0. The van der Waals surface area contributed by atoms with E-state index in [-0.39, 0.29) is 23.4 Å². The van der Waals surface area contributed by atoms with Crippen LogP contribution in [-0.2, 0) is 0 Å². The smallest absolute Gasteiger partial charge is 0.287 e. The summed E-state index contributed by atoms with van der Waals surface area (Å²) in [6.07, 6.45) is 2.29. The number of nitrogens with zero attached hydrogens (tertiary/aromatic N) is 1. The number of piperidine rings is 1. The van der Waals surface area contributed by atoms with Crippen LogP contribution >= 0.6 is 0 Å². The Bertz CT molecular complexity index is 720. The molecule has 0 aliphatic carbocycles. The second-order valence-corrected chi connectivity index (χ2v) is 6.35. The van der Waals surface area contributed by atoms with Crippen molar-refractivity contribution < 1.29 is 18.7 Å². The number of hydrogen-bond donors (Lipinski definition) is 2. The summed E-state index contributed by atoms with van der Waals surface area (Å²) in [5.41, 5.74) is 0.791. The number of aliphatic hydroxyl groups is 1. The van der Waals surface area contributed by atoms with Crippen LogP contribution in [0.2, 0.25) is 0 Å². The van der Waals surface area contributed by atoms with Gasteiger partial charge in [-0.25, -0.2) is 4.39 Å². The molecule has 0 radical (unpaired) electrons. The van der Waals surface area contributed by atoms with Crippen molar-refractivity contribution in [1.29, 1.82) is 0 Å². The van der Waals surface area contributed by atoms with Crippen molar-refractivity contribution in [2.24, 2.45) is 0 Å². The fourth-order valence-corrected chi connectivity index (χ4v) is 3.15. The number of hydrogen-bond acceptors (Lipinski definition) is 4. The summed E-state index contributed by atoms with van der Waals surface area (Å²) in [4.78, 5) is 14.6. The number of halogens is 1. The van der Waals surface area contributed by atoms with Crippen LogP contribution in [-0.4, -0.2) is 48.2 Å². The fourth-order valence-electron chi connectivity index (χ4n) is 3.15. The van der Waals surface area contributed by atoms with Crippen molar-refractivity contribution in [3.63, 3.8) is 0 Å². The van der Waals surface area contributed by atoms with Gasteiger partial charge >= 0.3 is 0 Å². The van der Waals surface area contributed by atoms with Crippen molar-refractivity contribution in [1.82, 2.24) is 10.2 Å². The molecule has 0 atom stereocenters. The number of benzene rings is 1. The molecule has 2 N–H and O–H groups in total. The van der Waals surface area contributed by atoms with Gasteiger partial charge in [-0.15, -0.1) is 0 Å². The Balaban J connectivity index is 1.52. The molecule has 24 heavy (non-hydrogen) atoms. The molecule has 6 heteroatoms. The zero-order chi connectivity index (χ0) is 17.1. The first-order valence-electron chi connectivity index (χ1n) is 8.42. The van der Waals surface area contributed by atoms with Gasteiger partial charge in [0.1, 0.15) is 0 Å². The second kappa shape index (κ2) is 7.32. The summed E-state index contributed by atoms with van der Waals surface area (Å²) < 4.78 is 19.2. The number of rotatable bonds is 5. The van der Waals surface area contributed by atoms with Gasteiger partial charge in [-0.1, -0.05) is 12.1 Å². The van der Waals surface area contributed by atoms with E-state index >= 15 is 0 Å². The number of aliphatic hydroxyl groups excluding tert-OH is 1. The molecule has 0 saturated carbocycles. The Kier molecular flexibility index (Phi) is 5.16. The van der Waals surface area contributed by atoms with Crippen LogP contribution < -0.4 is 5.32 Å². The van der Waals surface area contributed by atoms with E-state index in [0.29, 0.717) is 17.5 Å². The highest BCUT2D eigenvalue weighted by Gasteiger charge is 2.20. The molecule has 1 aliphatic heterocycles. The molecule has 1 amide bonds. The molecule has 2 heterocycles. The molecule has 5 nitrogen and oxygen atoms in total. The second-order valence-electron chi connectivity index (χ2n) is 6.35. The minimum atomic E-state index is -0.457. The van der Waals surface area contributed by atoms with Crippen LogP contribution in [0.3, 0.4) is 0 Å². The van der Waals surface area contributed by atoms with Crippen LogP contribution in [0.1, 0.15) is 35.4 Å². The highest BCUT2D eigenvalue weighted by molar-refractivity contribution is 5.98. The lowest BCUT2D eigenvalue weighted by molar-refractivity contribution is 0.0814. The van der Waals surface area contributed by atoms with E-state index < -0.39 is 5.82 Å². The van der Waals surface area contributed by atoms with Gasteiger partial charge in [0.05, 0.1) is 6.10 Å². The van der Waals surface area contributed by atoms with Gasteiger partial charge in [0, 0.05) is 30.6 Å². The zero-order valence-electron chi connectivity index (χ0n) is 13.8. The van der Waals surface area contributed by atoms with Gasteiger partial charge in [0.15, 0.2) is 17.2 Å². The monoisotopic (exact) mass is 334 g/mol. The summed E-state index contributed by atoms with van der Waals surface area (Å²) in [5.74, 6) is -0.588. The third kappa shape index (κ3) is 3.60. The number of fused-ring (bicyclic) bond motifs is 1. The molecular weight excluding hydrogens is 311 g/mol. The number of likely N-dealkylation sites (tertiary alicyclic amines) is 1. The molecule has 1 aromatic heterocycles. The van der Waals surface area contributed by atoms with Crippen molar-refractivity contribution in [3.05, 3.63) is 35.3 Å². The van der Waals surface area contributed by atoms with E-state index in [1.807, 2.05) is 0 Å². The number of carbonyl (C=O) groups excluding carboxylic acids is 1. The first-order valence-corrected chi connectivity index (χ1v) is 8.42. The molecule has 3 rings (SSSR count). The Morgan fingerprint density at radius 2 is 2.17 bits per heavy atom. The van der Waals surface area contributed by atoms with E-state index in [0.717, 1.165) is 38.9 Å². The van der Waals surface area contributed by atoms with Gasteiger partial charge in [-0.05, 0) is 38.8 Å². The Hall–Kier alpha value is -1.92. The number of nitrogens with one attached hydrogen (secondary N) is 1. The average molecular weight is 334 g/mol. The predicted octanol–water partition coefficient (Wildman–Crippen LogP) is 2.46. The quantitative estimate of drug-likeness (QED) is 0.825. The minimum absolute atomic E-state index is 0.132. The number of furan rings is 1. The summed E-state index contributed by atoms with van der Waals surface area (Å²) in [7, 11) is 0. The Morgan fingerprint density at radius 1 is 1.42 bits per heavy atom. The van der Waals surface area contributed by atoms with Crippen molar-refractivity contribution in [2.75, 3.05) is 26.2 Å². The molecule has 0 unspecified atom stereocenters. The number of para-hydroxylation sites is 1. The van der Waals surface area contributed by atoms with Crippen LogP contribution in [0.5, 0.6) is 0 Å². The third-order valence-electron chi connectivity index (χ3n) is 4.62. The molecule has 0 spiro atoms. The number of carbonyl (C=O) groups is 1. The van der Waals surface area contributed by atoms with Gasteiger partial charge in [0.25, 0.3) is 5.91 Å². The summed E-state index contributed by atoms with van der Waals surface area (Å²) in [6.45, 7) is 4.99. The maximum absolute atomic E-state index is 13.7. The lowest BCUT2D eigenvalue weighted by Gasteiger charge is -2.29. The zero-order valence-corrected chi connectivity index (χ0v) is 13.8. The molecular formula is C18H23FN2O3. The molecule has 1 fully saturated rings. The van der Waals surface area contributed by atoms with E-state index in [4.69, 9.17) is 4.42 Å². The Morgan fingerprint density at radius 3 is 2.88 bits per heavy atom. The summed E-state index contributed by atoms with van der Waals surface area (Å²) in [6, 6.07) is 4.68. The van der Waals surface area contributed by atoms with Crippen LogP contribution in [0.25, 0.3) is 11.0 Å². The topological polar surface area (TPSA) is 65.7 Å². The van der Waals surface area contributed by atoms with Crippen LogP contribution in [0.4, 0.5) is 4.39 Å². The molecule has 1 aromatic carbocycles. The highest BCUT2D eigenvalue weighted by atomic mass is 19.1. The van der Waals surface area contributed by atoms with Crippen molar-refractivity contribution in [2.45, 2.75) is 32.3 Å². The van der Waals surface area contributed by atoms with Gasteiger partial charge in [-0.2, -0.15) is 0 Å². The number of amides is 1. The maximum atomic E-state index is 13.7. The maximum Gasteiger partial charge on any atom is 0.287 e. The van der Waals surface area contributed by atoms with Crippen molar-refractivity contribution >= 4 is 16.9 Å². The predicted molar refractivity (Wildman–Crippen MR) is 89.5 cm³/mol. The van der Waals surface area contributed by atoms with Crippen molar-refractivity contribution in [3.8, 4) is 0 Å². The third-order valence-corrected chi connectivity index (χ3v) is 4.62. The highest BCUT2D eigenvalue weighted by Crippen LogP contribution is 2.27. The SMILES string of the molecule is Cc1c(C(=O)NCCCN2CCC(O)CC2)oc2c(F)cccc12. The average Bonchev–Trinajstić information content (AvgIpc) is 2.92. The van der Waals surface area contributed by atoms with Crippen LogP contribution in [0.15, 0.2) is 22.6 Å². The minimum Gasteiger partial charge on any atom is -0.448 e. The largest absolute Gasteiger partial charge is 0.448 e. The molecule has 1 saturated heterocycles. The van der Waals surface area contributed by atoms with E-state index in [9.17, 15) is 14.3 Å². The van der Waals surface area contributed by atoms with E-state index in [2.05, 4.69) is 10.2 Å². The Labute approximate surface area is 140 Å². The lowest BCUT2D eigenvalue weighted by Crippen LogP contribution is -2.37. The van der Waals surface area contributed by atoms with E-state index in [1.54, 1.807) is 19.1 Å². The normalized spacial score (nSPS) is 16.6. The van der Waals surface area contributed by atoms with Gasteiger partial charge in [-0.3, -0.25) is 4.79 Å². The van der Waals surface area contributed by atoms with Crippen LogP contribution in [0, 0.1) is 12.7 Å². The summed E-state index contributed by atoms with van der Waals surface area (Å²) >= 11 is 0.